The van der Waals surface area contributed by atoms with Crippen molar-refractivity contribution in [2.24, 2.45) is 5.92 Å². The van der Waals surface area contributed by atoms with E-state index in [4.69, 9.17) is 4.42 Å². The van der Waals surface area contributed by atoms with Gasteiger partial charge >= 0.3 is 0 Å². The molecule has 0 spiro atoms. The molecule has 6 nitrogen and oxygen atoms in total. The molecule has 3 N–H and O–H groups in total. The Morgan fingerprint density at radius 1 is 1.45 bits per heavy atom. The molecular weight excluding hydrogens is 304 g/mol. The number of amides is 1. The smallest absolute Gasteiger partial charge is 0.272 e. The quantitative estimate of drug-likeness (QED) is 0.807. The van der Waals surface area contributed by atoms with Gasteiger partial charge in [0, 0.05) is 18.7 Å². The average molecular weight is 325 g/mol. The second-order valence-corrected chi connectivity index (χ2v) is 5.63. The van der Waals surface area contributed by atoms with Crippen LogP contribution in [0, 0.1) is 12.8 Å². The van der Waals surface area contributed by atoms with Crippen molar-refractivity contribution in [1.82, 2.24) is 20.8 Å². The third-order valence-corrected chi connectivity index (χ3v) is 3.96. The fourth-order valence-corrected chi connectivity index (χ4v) is 2.57. The van der Waals surface area contributed by atoms with Gasteiger partial charge in [-0.2, -0.15) is 5.10 Å². The van der Waals surface area contributed by atoms with Gasteiger partial charge in [-0.05, 0) is 37.9 Å². The van der Waals surface area contributed by atoms with E-state index >= 15 is 0 Å². The number of nitrogens with zero attached hydrogens (tertiary/aromatic N) is 1. The molecule has 0 bridgehead atoms. The van der Waals surface area contributed by atoms with E-state index in [9.17, 15) is 4.79 Å². The lowest BCUT2D eigenvalue weighted by Crippen LogP contribution is -2.50. The fourth-order valence-electron chi connectivity index (χ4n) is 2.57. The van der Waals surface area contributed by atoms with Crippen molar-refractivity contribution in [3.05, 3.63) is 29.7 Å². The number of aromatic nitrogens is 2. The second-order valence-electron chi connectivity index (χ2n) is 5.63. The van der Waals surface area contributed by atoms with E-state index in [1.807, 2.05) is 19.1 Å². The van der Waals surface area contributed by atoms with Gasteiger partial charge < -0.3 is 15.1 Å². The highest BCUT2D eigenvalue weighted by molar-refractivity contribution is 5.93. The maximum absolute atomic E-state index is 12.3. The monoisotopic (exact) mass is 324 g/mol. The van der Waals surface area contributed by atoms with Gasteiger partial charge in [0.1, 0.15) is 11.5 Å². The number of nitrogens with one attached hydrogen (secondary N) is 3. The van der Waals surface area contributed by atoms with Crippen LogP contribution in [0.3, 0.4) is 0 Å². The number of furan rings is 1. The van der Waals surface area contributed by atoms with E-state index in [-0.39, 0.29) is 24.4 Å². The molecule has 1 fully saturated rings. The first-order chi connectivity index (χ1) is 10.1. The highest BCUT2D eigenvalue weighted by atomic mass is 35.5. The van der Waals surface area contributed by atoms with Crippen molar-refractivity contribution >= 4 is 18.3 Å². The molecule has 0 radical (unpaired) electrons. The first-order valence-electron chi connectivity index (χ1n) is 7.27. The van der Waals surface area contributed by atoms with Crippen LogP contribution in [0.4, 0.5) is 0 Å². The Balaban J connectivity index is 0.00000176. The number of piperidine rings is 1. The number of hydrogen-bond acceptors (Lipinski definition) is 4. The number of hydrogen-bond donors (Lipinski definition) is 3. The van der Waals surface area contributed by atoms with Crippen LogP contribution >= 0.6 is 12.4 Å². The minimum Gasteiger partial charge on any atom is -0.460 e. The van der Waals surface area contributed by atoms with Gasteiger partial charge in [-0.25, -0.2) is 0 Å². The summed E-state index contributed by atoms with van der Waals surface area (Å²) in [6, 6.07) is 5.61. The number of H-pyrrole nitrogens is 1. The summed E-state index contributed by atoms with van der Waals surface area (Å²) in [7, 11) is 0. The molecule has 2 aromatic rings. The Hall–Kier alpha value is -1.79. The third kappa shape index (κ3) is 3.51. The van der Waals surface area contributed by atoms with Gasteiger partial charge in [0.15, 0.2) is 11.5 Å². The Labute approximate surface area is 135 Å². The van der Waals surface area contributed by atoms with Crippen molar-refractivity contribution in [2.45, 2.75) is 26.3 Å². The molecule has 0 aliphatic carbocycles. The van der Waals surface area contributed by atoms with E-state index in [1.165, 1.54) is 0 Å². The van der Waals surface area contributed by atoms with Crippen LogP contribution in [0.25, 0.3) is 11.5 Å². The standard InChI is InChI=1S/C15H20N4O2.ClH/c1-9-5-6-16-8-13(9)17-15(20)12-7-11(18-19-12)14-4-3-10(2)21-14;/h3-4,7,9,13,16H,5-6,8H2,1-2H3,(H,17,20)(H,18,19);1H. The number of rotatable bonds is 3. The van der Waals surface area contributed by atoms with Gasteiger partial charge in [0.25, 0.3) is 5.91 Å². The molecule has 2 aromatic heterocycles. The van der Waals surface area contributed by atoms with E-state index in [0.29, 0.717) is 23.1 Å². The minimum absolute atomic E-state index is 0. The van der Waals surface area contributed by atoms with Gasteiger partial charge in [0.05, 0.1) is 0 Å². The van der Waals surface area contributed by atoms with Crippen molar-refractivity contribution in [1.29, 1.82) is 0 Å². The molecule has 22 heavy (non-hydrogen) atoms. The summed E-state index contributed by atoms with van der Waals surface area (Å²) in [5.74, 6) is 1.84. The molecule has 0 aromatic carbocycles. The lowest BCUT2D eigenvalue weighted by molar-refractivity contribution is 0.0910. The van der Waals surface area contributed by atoms with Gasteiger partial charge in [-0.3, -0.25) is 9.89 Å². The Morgan fingerprint density at radius 3 is 2.95 bits per heavy atom. The topological polar surface area (TPSA) is 83.0 Å². The highest BCUT2D eigenvalue weighted by Gasteiger charge is 2.24. The summed E-state index contributed by atoms with van der Waals surface area (Å²) in [6.45, 7) is 5.86. The summed E-state index contributed by atoms with van der Waals surface area (Å²) < 4.78 is 5.52. The maximum atomic E-state index is 12.3. The molecule has 3 heterocycles. The number of carbonyl (C=O) groups excluding carboxylic acids is 1. The van der Waals surface area contributed by atoms with Crippen molar-refractivity contribution in [2.75, 3.05) is 13.1 Å². The van der Waals surface area contributed by atoms with Gasteiger partial charge in [0.2, 0.25) is 0 Å². The summed E-state index contributed by atoms with van der Waals surface area (Å²) in [6.07, 6.45) is 1.07. The lowest BCUT2D eigenvalue weighted by atomic mass is 9.95. The van der Waals surface area contributed by atoms with Crippen molar-refractivity contribution < 1.29 is 9.21 Å². The zero-order valence-corrected chi connectivity index (χ0v) is 13.5. The van der Waals surface area contributed by atoms with Crippen LogP contribution in [0.1, 0.15) is 29.6 Å². The Morgan fingerprint density at radius 2 is 2.27 bits per heavy atom. The van der Waals surface area contributed by atoms with Crippen LogP contribution in [0.2, 0.25) is 0 Å². The second kappa shape index (κ2) is 6.98. The molecule has 1 amide bonds. The zero-order valence-electron chi connectivity index (χ0n) is 12.7. The average Bonchev–Trinajstić information content (AvgIpc) is 3.10. The zero-order chi connectivity index (χ0) is 14.8. The number of halogens is 1. The van der Waals surface area contributed by atoms with Crippen LogP contribution < -0.4 is 10.6 Å². The molecular formula is C15H21ClN4O2. The lowest BCUT2D eigenvalue weighted by Gasteiger charge is -2.29. The number of aryl methyl sites for hydroxylation is 1. The number of aromatic amines is 1. The first-order valence-corrected chi connectivity index (χ1v) is 7.27. The largest absolute Gasteiger partial charge is 0.460 e. The molecule has 1 saturated heterocycles. The van der Waals surface area contributed by atoms with Crippen molar-refractivity contribution in [3.63, 3.8) is 0 Å². The van der Waals surface area contributed by atoms with Crippen LogP contribution in [0.5, 0.6) is 0 Å². The highest BCUT2D eigenvalue weighted by Crippen LogP contribution is 2.20. The van der Waals surface area contributed by atoms with E-state index in [0.717, 1.165) is 25.3 Å². The molecule has 2 atom stereocenters. The molecule has 1 aliphatic rings. The Bertz CT molecular complexity index is 637. The van der Waals surface area contributed by atoms with Crippen molar-refractivity contribution in [3.8, 4) is 11.5 Å². The SMILES string of the molecule is Cc1ccc(-c2cc(C(=O)NC3CNCCC3C)n[nH]2)o1.Cl. The summed E-state index contributed by atoms with van der Waals surface area (Å²) in [5.41, 5.74) is 1.10. The maximum Gasteiger partial charge on any atom is 0.272 e. The van der Waals surface area contributed by atoms with Gasteiger partial charge in [-0.1, -0.05) is 6.92 Å². The van der Waals surface area contributed by atoms with Crippen LogP contribution in [-0.4, -0.2) is 35.2 Å². The predicted molar refractivity (Wildman–Crippen MR) is 86.2 cm³/mol. The Kier molecular flexibility index (Phi) is 5.26. The fraction of sp³-hybridized carbons (Fsp3) is 0.467. The summed E-state index contributed by atoms with van der Waals surface area (Å²) in [4.78, 5) is 12.3. The van der Waals surface area contributed by atoms with E-state index in [2.05, 4.69) is 27.8 Å². The minimum atomic E-state index is -0.152. The predicted octanol–water partition coefficient (Wildman–Crippen LogP) is 2.13. The summed E-state index contributed by atoms with van der Waals surface area (Å²) >= 11 is 0. The van der Waals surface area contributed by atoms with Gasteiger partial charge in [-0.15, -0.1) is 12.4 Å². The molecule has 3 rings (SSSR count). The first kappa shape index (κ1) is 16.6. The molecule has 120 valence electrons. The summed E-state index contributed by atoms with van der Waals surface area (Å²) in [5, 5.41) is 13.3. The van der Waals surface area contributed by atoms with Crippen LogP contribution in [-0.2, 0) is 0 Å². The third-order valence-electron chi connectivity index (χ3n) is 3.96. The van der Waals surface area contributed by atoms with E-state index < -0.39 is 0 Å². The van der Waals surface area contributed by atoms with Crippen LogP contribution in [0.15, 0.2) is 22.6 Å². The molecule has 7 heteroatoms. The molecule has 1 aliphatic heterocycles. The normalized spacial score (nSPS) is 21.2. The number of carbonyl (C=O) groups is 1. The van der Waals surface area contributed by atoms with E-state index in [1.54, 1.807) is 6.07 Å². The molecule has 2 unspecified atom stereocenters. The molecule has 0 saturated carbocycles.